The molecule has 1 saturated heterocycles. The topological polar surface area (TPSA) is 52.6 Å². The summed E-state index contributed by atoms with van der Waals surface area (Å²) >= 11 is 0. The molecule has 1 heterocycles. The average molecular weight is 214 g/mol. The second-order valence-electron chi connectivity index (χ2n) is 4.06. The van der Waals surface area contributed by atoms with Crippen molar-refractivity contribution in [3.63, 3.8) is 0 Å². The van der Waals surface area contributed by atoms with Gasteiger partial charge in [-0.25, -0.2) is 0 Å². The molecule has 1 aliphatic rings. The summed E-state index contributed by atoms with van der Waals surface area (Å²) in [6, 6.07) is -0.239. The van der Waals surface area contributed by atoms with Gasteiger partial charge in [0.15, 0.2) is 0 Å². The molecule has 0 aromatic rings. The Kier molecular flexibility index (Phi) is 5.05. The van der Waals surface area contributed by atoms with Crippen LogP contribution in [0.2, 0.25) is 0 Å². The number of hydrogen-bond donors (Lipinski definition) is 2. The highest BCUT2D eigenvalue weighted by Gasteiger charge is 2.32. The Balaban J connectivity index is 2.66. The Morgan fingerprint density at radius 3 is 2.53 bits per heavy atom. The van der Waals surface area contributed by atoms with Crippen LogP contribution in [0.15, 0.2) is 0 Å². The van der Waals surface area contributed by atoms with Crippen LogP contribution in [0.5, 0.6) is 0 Å². The zero-order valence-corrected chi connectivity index (χ0v) is 9.70. The van der Waals surface area contributed by atoms with Gasteiger partial charge in [0.05, 0.1) is 0 Å². The van der Waals surface area contributed by atoms with Crippen LogP contribution < -0.4 is 5.32 Å². The highest BCUT2D eigenvalue weighted by Crippen LogP contribution is 2.15. The molecule has 4 heteroatoms. The van der Waals surface area contributed by atoms with E-state index < -0.39 is 5.97 Å². The van der Waals surface area contributed by atoms with Crippen molar-refractivity contribution in [3.05, 3.63) is 0 Å². The van der Waals surface area contributed by atoms with Crippen LogP contribution in [0.4, 0.5) is 0 Å². The smallest absolute Gasteiger partial charge is 0.322 e. The molecule has 2 atom stereocenters. The molecule has 2 N–H and O–H groups in total. The van der Waals surface area contributed by atoms with Crippen molar-refractivity contribution in [3.8, 4) is 0 Å². The molecule has 4 nitrogen and oxygen atoms in total. The Morgan fingerprint density at radius 2 is 2.13 bits per heavy atom. The highest BCUT2D eigenvalue weighted by molar-refractivity contribution is 5.74. The van der Waals surface area contributed by atoms with E-state index in [4.69, 9.17) is 0 Å². The van der Waals surface area contributed by atoms with Gasteiger partial charge in [0.2, 0.25) is 0 Å². The largest absolute Gasteiger partial charge is 0.480 e. The molecule has 0 aliphatic carbocycles. The highest BCUT2D eigenvalue weighted by atomic mass is 16.4. The molecule has 0 radical (unpaired) electrons. The lowest BCUT2D eigenvalue weighted by Gasteiger charge is -2.35. The van der Waals surface area contributed by atoms with Crippen molar-refractivity contribution in [1.82, 2.24) is 10.2 Å². The Labute approximate surface area is 91.6 Å². The Bertz CT molecular complexity index is 199. The molecule has 2 unspecified atom stereocenters. The molecule has 0 aromatic heterocycles. The molecule has 0 amide bonds. The summed E-state index contributed by atoms with van der Waals surface area (Å²) < 4.78 is 0. The van der Waals surface area contributed by atoms with E-state index in [-0.39, 0.29) is 12.1 Å². The maximum Gasteiger partial charge on any atom is 0.322 e. The zero-order valence-electron chi connectivity index (χ0n) is 9.70. The van der Waals surface area contributed by atoms with Gasteiger partial charge in [-0.05, 0) is 32.5 Å². The monoisotopic (exact) mass is 214 g/mol. The summed E-state index contributed by atoms with van der Waals surface area (Å²) in [5.74, 6) is -0.696. The van der Waals surface area contributed by atoms with Crippen LogP contribution in [-0.4, -0.2) is 47.7 Å². The van der Waals surface area contributed by atoms with E-state index in [2.05, 4.69) is 5.32 Å². The number of piperidine rings is 1. The third-order valence-corrected chi connectivity index (χ3v) is 3.19. The number of rotatable bonds is 5. The molecular weight excluding hydrogens is 192 g/mol. The van der Waals surface area contributed by atoms with Crippen molar-refractivity contribution < 1.29 is 9.90 Å². The first-order valence-corrected chi connectivity index (χ1v) is 5.91. The first kappa shape index (κ1) is 12.5. The van der Waals surface area contributed by atoms with E-state index in [0.29, 0.717) is 0 Å². The number of carboxylic acids is 1. The van der Waals surface area contributed by atoms with Gasteiger partial charge < -0.3 is 10.4 Å². The predicted molar refractivity (Wildman–Crippen MR) is 60.0 cm³/mol. The van der Waals surface area contributed by atoms with Gasteiger partial charge in [0.25, 0.3) is 0 Å². The lowest BCUT2D eigenvalue weighted by molar-refractivity contribution is -0.144. The van der Waals surface area contributed by atoms with Crippen molar-refractivity contribution in [2.45, 2.75) is 45.2 Å². The van der Waals surface area contributed by atoms with Crippen LogP contribution in [0, 0.1) is 0 Å². The molecule has 15 heavy (non-hydrogen) atoms. The quantitative estimate of drug-likeness (QED) is 0.714. The fraction of sp³-hybridized carbons (Fsp3) is 0.909. The zero-order chi connectivity index (χ0) is 11.3. The average Bonchev–Trinajstić information content (AvgIpc) is 2.26. The number of nitrogens with zero attached hydrogens (tertiary/aromatic N) is 1. The third kappa shape index (κ3) is 3.18. The maximum absolute atomic E-state index is 11.3. The summed E-state index contributed by atoms with van der Waals surface area (Å²) in [7, 11) is 0. The molecule has 1 aliphatic heterocycles. The summed E-state index contributed by atoms with van der Waals surface area (Å²) in [5.41, 5.74) is 0. The van der Waals surface area contributed by atoms with Crippen molar-refractivity contribution in [1.29, 1.82) is 0 Å². The Morgan fingerprint density at radius 1 is 1.47 bits per heavy atom. The van der Waals surface area contributed by atoms with Crippen LogP contribution in [-0.2, 0) is 4.79 Å². The van der Waals surface area contributed by atoms with Gasteiger partial charge in [0, 0.05) is 6.04 Å². The molecule has 1 rings (SSSR count). The van der Waals surface area contributed by atoms with Crippen LogP contribution in [0.3, 0.4) is 0 Å². The van der Waals surface area contributed by atoms with Crippen LogP contribution >= 0.6 is 0 Å². The van der Waals surface area contributed by atoms with Gasteiger partial charge in [-0.3, -0.25) is 9.69 Å². The molecule has 1 fully saturated rings. The Hall–Kier alpha value is -0.610. The van der Waals surface area contributed by atoms with Crippen LogP contribution in [0.25, 0.3) is 0 Å². The number of aliphatic carboxylic acids is 1. The second-order valence-corrected chi connectivity index (χ2v) is 4.06. The summed E-state index contributed by atoms with van der Waals surface area (Å²) in [6.07, 6.45) is 3.29. The number of carboxylic acid groups (broad SMARTS) is 1. The summed E-state index contributed by atoms with van der Waals surface area (Å²) in [6.45, 7) is 6.58. The van der Waals surface area contributed by atoms with E-state index in [1.807, 2.05) is 18.7 Å². The number of hydrogen-bond acceptors (Lipinski definition) is 3. The maximum atomic E-state index is 11.3. The van der Waals surface area contributed by atoms with E-state index in [1.165, 1.54) is 6.42 Å². The van der Waals surface area contributed by atoms with Gasteiger partial charge in [-0.2, -0.15) is 0 Å². The van der Waals surface area contributed by atoms with E-state index in [0.717, 1.165) is 32.5 Å². The van der Waals surface area contributed by atoms with Crippen LogP contribution in [0.1, 0.15) is 33.1 Å². The minimum atomic E-state index is -0.696. The predicted octanol–water partition coefficient (Wildman–Crippen LogP) is 0.923. The lowest BCUT2D eigenvalue weighted by atomic mass is 9.96. The number of carbonyl (C=O) groups is 1. The lowest BCUT2D eigenvalue weighted by Crippen LogP contribution is -2.55. The van der Waals surface area contributed by atoms with Gasteiger partial charge >= 0.3 is 5.97 Å². The second kappa shape index (κ2) is 6.08. The molecule has 0 saturated carbocycles. The SMILES string of the molecule is CCN(CC)C(C(=O)O)C1CCCCN1. The van der Waals surface area contributed by atoms with E-state index in [1.54, 1.807) is 0 Å². The van der Waals surface area contributed by atoms with E-state index in [9.17, 15) is 9.90 Å². The molecule has 0 bridgehead atoms. The van der Waals surface area contributed by atoms with Crippen molar-refractivity contribution >= 4 is 5.97 Å². The molecule has 0 spiro atoms. The molecule has 0 aromatic carbocycles. The number of nitrogens with one attached hydrogen (secondary N) is 1. The summed E-state index contributed by atoms with van der Waals surface area (Å²) in [4.78, 5) is 13.3. The fourth-order valence-corrected chi connectivity index (χ4v) is 2.35. The minimum Gasteiger partial charge on any atom is -0.480 e. The van der Waals surface area contributed by atoms with Gasteiger partial charge in [-0.15, -0.1) is 0 Å². The first-order chi connectivity index (χ1) is 7.20. The standard InChI is InChI=1S/C11H22N2O2/c1-3-13(4-2)10(11(14)15)9-7-5-6-8-12-9/h9-10,12H,3-8H2,1-2H3,(H,14,15). The van der Waals surface area contributed by atoms with E-state index >= 15 is 0 Å². The normalized spacial score (nSPS) is 24.1. The van der Waals surface area contributed by atoms with Crippen molar-refractivity contribution in [2.24, 2.45) is 0 Å². The van der Waals surface area contributed by atoms with Crippen molar-refractivity contribution in [2.75, 3.05) is 19.6 Å². The summed E-state index contributed by atoms with van der Waals surface area (Å²) in [5, 5.41) is 12.6. The molecule has 88 valence electrons. The number of likely N-dealkylation sites (N-methyl/N-ethyl adjacent to an activating group) is 1. The molecular formula is C11H22N2O2. The minimum absolute atomic E-state index is 0.121. The third-order valence-electron chi connectivity index (χ3n) is 3.19. The fourth-order valence-electron chi connectivity index (χ4n) is 2.35. The van der Waals surface area contributed by atoms with Gasteiger partial charge in [0.1, 0.15) is 6.04 Å². The van der Waals surface area contributed by atoms with Gasteiger partial charge in [-0.1, -0.05) is 20.3 Å². The first-order valence-electron chi connectivity index (χ1n) is 5.91.